The zero-order valence-corrected chi connectivity index (χ0v) is 19.6. The maximum Gasteiger partial charge on any atom is 0.326 e. The van der Waals surface area contributed by atoms with Gasteiger partial charge in [-0.3, -0.25) is 14.4 Å². The largest absolute Gasteiger partial charge is 0.480 e. The Balaban J connectivity index is 1.52. The first-order valence-electron chi connectivity index (χ1n) is 10.5. The number of benzene rings is 3. The van der Waals surface area contributed by atoms with Crippen LogP contribution < -0.4 is 16.0 Å². The Bertz CT molecular complexity index is 1340. The van der Waals surface area contributed by atoms with Crippen LogP contribution in [-0.4, -0.2) is 34.8 Å². The molecule has 35 heavy (non-hydrogen) atoms. The monoisotopic (exact) mass is 511 g/mol. The zero-order chi connectivity index (χ0) is 25.3. The lowest BCUT2D eigenvalue weighted by molar-refractivity contribution is -0.139. The number of nitrogens with one attached hydrogen (secondary N) is 1. The van der Waals surface area contributed by atoms with E-state index in [2.05, 4.69) is 5.32 Å². The van der Waals surface area contributed by atoms with Gasteiger partial charge in [0, 0.05) is 17.7 Å². The van der Waals surface area contributed by atoms with E-state index in [4.69, 9.17) is 28.9 Å². The number of amides is 3. The van der Waals surface area contributed by atoms with E-state index in [9.17, 15) is 24.3 Å². The first-order chi connectivity index (χ1) is 16.7. The van der Waals surface area contributed by atoms with Crippen molar-refractivity contribution in [3.8, 4) is 0 Å². The Morgan fingerprint density at radius 3 is 2.31 bits per heavy atom. The molecule has 0 fully saturated rings. The molecule has 3 aromatic carbocycles. The number of carboxylic acids is 1. The zero-order valence-electron chi connectivity index (χ0n) is 18.1. The molecule has 0 saturated heterocycles. The van der Waals surface area contributed by atoms with Crippen LogP contribution in [0.3, 0.4) is 0 Å². The van der Waals surface area contributed by atoms with E-state index >= 15 is 0 Å². The van der Waals surface area contributed by atoms with Gasteiger partial charge in [0.15, 0.2) is 0 Å². The van der Waals surface area contributed by atoms with Crippen molar-refractivity contribution < 1.29 is 24.3 Å². The van der Waals surface area contributed by atoms with Gasteiger partial charge in [-0.1, -0.05) is 47.5 Å². The Morgan fingerprint density at radius 2 is 1.69 bits per heavy atom. The lowest BCUT2D eigenvalue weighted by Gasteiger charge is -2.27. The van der Waals surface area contributed by atoms with Crippen LogP contribution >= 0.6 is 23.2 Å². The van der Waals surface area contributed by atoms with Crippen LogP contribution in [0.25, 0.3) is 0 Å². The van der Waals surface area contributed by atoms with Gasteiger partial charge in [-0.2, -0.15) is 0 Å². The van der Waals surface area contributed by atoms with Crippen LogP contribution in [0.2, 0.25) is 10.0 Å². The summed E-state index contributed by atoms with van der Waals surface area (Å²) in [7, 11) is 0. The number of anilines is 2. The van der Waals surface area contributed by atoms with Crippen molar-refractivity contribution in [3.63, 3.8) is 0 Å². The van der Waals surface area contributed by atoms with E-state index in [1.165, 1.54) is 18.2 Å². The molecule has 0 unspecified atom stereocenters. The molecule has 4 N–H and O–H groups in total. The lowest BCUT2D eigenvalue weighted by Crippen LogP contribution is -2.43. The first-order valence-corrected chi connectivity index (χ1v) is 11.2. The molecule has 0 aliphatic carbocycles. The molecule has 8 nitrogen and oxygen atoms in total. The van der Waals surface area contributed by atoms with Crippen LogP contribution in [0.1, 0.15) is 31.8 Å². The van der Waals surface area contributed by atoms with E-state index in [0.717, 1.165) is 4.90 Å². The van der Waals surface area contributed by atoms with Gasteiger partial charge in [0.2, 0.25) is 5.91 Å². The number of imide groups is 1. The number of nitrogens with zero attached hydrogens (tertiary/aromatic N) is 1. The fraction of sp³-hybridized carbons (Fsp3) is 0.120. The SMILES string of the molecule is Nc1ccc2c(c1)C(=O)N(c1ccc(C[C@H](NC(=O)c3c(Cl)cccc3Cl)C(=O)O)cc1)C(=O)C2. The molecule has 3 amide bonds. The van der Waals surface area contributed by atoms with Crippen LogP contribution in [0.5, 0.6) is 0 Å². The fourth-order valence-corrected chi connectivity index (χ4v) is 4.42. The number of nitrogen functional groups attached to an aromatic ring is 1. The Kier molecular flexibility index (Phi) is 6.77. The molecule has 0 radical (unpaired) electrons. The van der Waals surface area contributed by atoms with Gasteiger partial charge in [-0.05, 0) is 47.5 Å². The van der Waals surface area contributed by atoms with Gasteiger partial charge in [0.25, 0.3) is 11.8 Å². The quantitative estimate of drug-likeness (QED) is 0.341. The summed E-state index contributed by atoms with van der Waals surface area (Å²) in [6.07, 6.45) is 0.00547. The summed E-state index contributed by atoms with van der Waals surface area (Å²) in [4.78, 5) is 51.1. The van der Waals surface area contributed by atoms with Crippen molar-refractivity contribution >= 4 is 58.3 Å². The minimum Gasteiger partial charge on any atom is -0.480 e. The standard InChI is InChI=1S/C25H19Cl2N3O5/c26-18-2-1-3-19(27)22(18)23(32)29-20(25(34)35)10-13-4-8-16(9-5-13)30-21(31)11-14-6-7-15(28)12-17(14)24(30)33/h1-9,12,20H,10-11,28H2,(H,29,32)(H,34,35)/t20-/m0/s1. The topological polar surface area (TPSA) is 130 Å². The summed E-state index contributed by atoms with van der Waals surface area (Å²) >= 11 is 12.1. The highest BCUT2D eigenvalue weighted by Gasteiger charge is 2.32. The van der Waals surface area contributed by atoms with Gasteiger partial charge in [0.05, 0.1) is 27.7 Å². The molecule has 0 spiro atoms. The van der Waals surface area contributed by atoms with Crippen LogP contribution in [0.15, 0.2) is 60.7 Å². The number of nitrogens with two attached hydrogens (primary N) is 1. The average Bonchev–Trinajstić information content (AvgIpc) is 2.80. The van der Waals surface area contributed by atoms with E-state index < -0.39 is 23.8 Å². The molecule has 1 aliphatic heterocycles. The van der Waals surface area contributed by atoms with Crippen molar-refractivity contribution in [2.75, 3.05) is 10.6 Å². The molecular formula is C25H19Cl2N3O5. The molecule has 3 aromatic rings. The predicted octanol–water partition coefficient (Wildman–Crippen LogP) is 3.73. The second-order valence-electron chi connectivity index (χ2n) is 7.96. The summed E-state index contributed by atoms with van der Waals surface area (Å²) in [5, 5.41) is 12.3. The number of halogens is 2. The third kappa shape index (κ3) is 4.99. The third-order valence-corrected chi connectivity index (χ3v) is 6.22. The molecule has 0 bridgehead atoms. The highest BCUT2D eigenvalue weighted by molar-refractivity contribution is 6.39. The van der Waals surface area contributed by atoms with E-state index in [1.807, 2.05) is 0 Å². The summed E-state index contributed by atoms with van der Waals surface area (Å²) in [5.41, 5.74) is 8.08. The summed E-state index contributed by atoms with van der Waals surface area (Å²) in [6.45, 7) is 0. The normalized spacial score (nSPS) is 13.8. The summed E-state index contributed by atoms with van der Waals surface area (Å²) in [6, 6.07) is 14.4. The lowest BCUT2D eigenvalue weighted by atomic mass is 9.97. The molecule has 178 valence electrons. The first kappa shape index (κ1) is 24.3. The van der Waals surface area contributed by atoms with E-state index in [-0.39, 0.29) is 34.4 Å². The highest BCUT2D eigenvalue weighted by Crippen LogP contribution is 2.28. The maximum absolute atomic E-state index is 12.9. The van der Waals surface area contributed by atoms with Gasteiger partial charge >= 0.3 is 5.97 Å². The number of rotatable bonds is 6. The molecule has 1 heterocycles. The average molecular weight is 512 g/mol. The molecule has 4 rings (SSSR count). The third-order valence-electron chi connectivity index (χ3n) is 5.59. The van der Waals surface area contributed by atoms with Crippen molar-refractivity contribution in [2.24, 2.45) is 0 Å². The predicted molar refractivity (Wildman–Crippen MR) is 132 cm³/mol. The maximum atomic E-state index is 12.9. The fourth-order valence-electron chi connectivity index (χ4n) is 3.85. The number of carbonyl (C=O) groups excluding carboxylic acids is 3. The molecule has 1 aliphatic rings. The van der Waals surface area contributed by atoms with Gasteiger partial charge < -0.3 is 16.2 Å². The summed E-state index contributed by atoms with van der Waals surface area (Å²) in [5.74, 6) is -2.83. The number of fused-ring (bicyclic) bond motifs is 1. The van der Waals surface area contributed by atoms with Crippen molar-refractivity contribution in [3.05, 3.63) is 93.0 Å². The Morgan fingerprint density at radius 1 is 1.03 bits per heavy atom. The van der Waals surface area contributed by atoms with E-state index in [0.29, 0.717) is 28.1 Å². The highest BCUT2D eigenvalue weighted by atomic mass is 35.5. The molecule has 10 heteroatoms. The molecule has 0 saturated carbocycles. The van der Waals surface area contributed by atoms with Crippen LogP contribution in [-0.2, 0) is 22.4 Å². The molecule has 0 aromatic heterocycles. The molecule has 1 atom stereocenters. The Hall–Kier alpha value is -3.88. The second-order valence-corrected chi connectivity index (χ2v) is 8.77. The second kappa shape index (κ2) is 9.77. The van der Waals surface area contributed by atoms with Gasteiger partial charge in [-0.25, -0.2) is 9.69 Å². The van der Waals surface area contributed by atoms with Crippen LogP contribution in [0.4, 0.5) is 11.4 Å². The smallest absolute Gasteiger partial charge is 0.326 e. The number of carboxylic acid groups (broad SMARTS) is 1. The number of carbonyl (C=O) groups is 4. The van der Waals surface area contributed by atoms with E-state index in [1.54, 1.807) is 42.5 Å². The van der Waals surface area contributed by atoms with Crippen molar-refractivity contribution in [1.82, 2.24) is 5.32 Å². The minimum absolute atomic E-state index is 0.0135. The van der Waals surface area contributed by atoms with Crippen LogP contribution in [0, 0.1) is 0 Å². The number of hydrogen-bond donors (Lipinski definition) is 3. The Labute approximate surface area is 210 Å². The van der Waals surface area contributed by atoms with Crippen molar-refractivity contribution in [2.45, 2.75) is 18.9 Å². The van der Waals surface area contributed by atoms with Crippen molar-refractivity contribution in [1.29, 1.82) is 0 Å². The van der Waals surface area contributed by atoms with Gasteiger partial charge in [0.1, 0.15) is 6.04 Å². The van der Waals surface area contributed by atoms with Gasteiger partial charge in [-0.15, -0.1) is 0 Å². The minimum atomic E-state index is -1.27. The molecular weight excluding hydrogens is 493 g/mol. The number of hydrogen-bond acceptors (Lipinski definition) is 5. The summed E-state index contributed by atoms with van der Waals surface area (Å²) < 4.78 is 0. The number of aliphatic carboxylic acids is 1.